The first kappa shape index (κ1) is 28.9. The number of fused-ring (bicyclic) bond motifs is 1. The molecule has 1 aliphatic carbocycles. The lowest BCUT2D eigenvalue weighted by molar-refractivity contribution is -0.129. The van der Waals surface area contributed by atoms with Gasteiger partial charge in [0.2, 0.25) is 15.9 Å². The van der Waals surface area contributed by atoms with Gasteiger partial charge in [-0.25, -0.2) is 17.4 Å². The van der Waals surface area contributed by atoms with Crippen LogP contribution in [0.15, 0.2) is 49.3 Å². The van der Waals surface area contributed by atoms with Crippen molar-refractivity contribution in [2.45, 2.75) is 57.2 Å². The van der Waals surface area contributed by atoms with Gasteiger partial charge in [-0.1, -0.05) is 13.0 Å². The number of anilines is 1. The molecule has 10 heteroatoms. The normalized spacial score (nSPS) is 21.8. The highest BCUT2D eigenvalue weighted by Gasteiger charge is 2.54. The largest absolute Gasteiger partial charge is 0.363 e. The summed E-state index contributed by atoms with van der Waals surface area (Å²) in [6, 6.07) is 7.51. The third kappa shape index (κ3) is 5.14. The van der Waals surface area contributed by atoms with E-state index in [1.807, 2.05) is 58.0 Å². The van der Waals surface area contributed by atoms with Crippen molar-refractivity contribution in [1.29, 1.82) is 0 Å². The van der Waals surface area contributed by atoms with Crippen molar-refractivity contribution in [2.75, 3.05) is 25.5 Å². The molecule has 2 N–H and O–H groups in total. The molecule has 3 heterocycles. The van der Waals surface area contributed by atoms with E-state index in [9.17, 15) is 18.0 Å². The number of aromatic nitrogens is 2. The van der Waals surface area contributed by atoms with Crippen LogP contribution in [0.3, 0.4) is 0 Å². The summed E-state index contributed by atoms with van der Waals surface area (Å²) in [5.41, 5.74) is 2.95. The Morgan fingerprint density at radius 1 is 1.24 bits per heavy atom. The van der Waals surface area contributed by atoms with Crippen LogP contribution in [0.1, 0.15) is 55.5 Å². The number of piperidine rings is 1. The number of allylic oxidation sites excluding steroid dienone is 1. The van der Waals surface area contributed by atoms with Gasteiger partial charge < -0.3 is 15.5 Å². The van der Waals surface area contributed by atoms with Crippen LogP contribution in [-0.2, 0) is 14.8 Å². The van der Waals surface area contributed by atoms with E-state index in [1.165, 1.54) is 3.97 Å². The molecule has 2 amide bonds. The van der Waals surface area contributed by atoms with Crippen LogP contribution in [0.5, 0.6) is 0 Å². The molecule has 9 nitrogen and oxygen atoms in total. The van der Waals surface area contributed by atoms with E-state index in [0.29, 0.717) is 46.9 Å². The lowest BCUT2D eigenvalue weighted by atomic mass is 9.84. The third-order valence-corrected chi connectivity index (χ3v) is 11.1. The van der Waals surface area contributed by atoms with Crippen molar-refractivity contribution >= 4 is 38.6 Å². The van der Waals surface area contributed by atoms with E-state index in [2.05, 4.69) is 22.2 Å². The van der Waals surface area contributed by atoms with Crippen molar-refractivity contribution in [3.05, 3.63) is 60.4 Å². The molecule has 1 aliphatic heterocycles. The summed E-state index contributed by atoms with van der Waals surface area (Å²) in [7, 11) is 0.0443. The SMILES string of the molecule is C=CCC1(S(=O)(=O)n2cc(C)c3c(C(=O)NCC4C(=O)NC(C)CC4C)cc(-c4ccc(N(C)C)nc4)cc32)CC1. The third-order valence-electron chi connectivity index (χ3n) is 8.59. The van der Waals surface area contributed by atoms with E-state index in [-0.39, 0.29) is 36.2 Å². The average Bonchev–Trinajstić information content (AvgIpc) is 3.64. The van der Waals surface area contributed by atoms with Crippen LogP contribution in [0.25, 0.3) is 22.0 Å². The Kier molecular flexibility index (Phi) is 7.48. The number of aryl methyl sites for hydroxylation is 1. The average molecular weight is 578 g/mol. The minimum absolute atomic E-state index is 0.0621. The molecule has 5 rings (SSSR count). The maximum Gasteiger partial charge on any atom is 0.252 e. The number of nitrogens with one attached hydrogen (secondary N) is 2. The number of amides is 2. The minimum atomic E-state index is -3.77. The number of nitrogens with zero attached hydrogens (tertiary/aromatic N) is 3. The van der Waals surface area contributed by atoms with Gasteiger partial charge in [-0.2, -0.15) is 0 Å². The van der Waals surface area contributed by atoms with Gasteiger partial charge in [0, 0.05) is 55.6 Å². The number of benzene rings is 1. The van der Waals surface area contributed by atoms with Crippen LogP contribution in [0.2, 0.25) is 0 Å². The monoisotopic (exact) mass is 577 g/mol. The predicted octanol–water partition coefficient (Wildman–Crippen LogP) is 4.25. The molecule has 0 bridgehead atoms. The Labute approximate surface area is 242 Å². The summed E-state index contributed by atoms with van der Waals surface area (Å²) in [6.07, 6.45) is 7.36. The van der Waals surface area contributed by atoms with Gasteiger partial charge in [0.1, 0.15) is 5.82 Å². The molecular formula is C31H39N5O4S. The Balaban J connectivity index is 1.60. The van der Waals surface area contributed by atoms with E-state index in [1.54, 1.807) is 24.5 Å². The molecule has 0 radical (unpaired) electrons. The van der Waals surface area contributed by atoms with Gasteiger partial charge in [0.25, 0.3) is 5.91 Å². The van der Waals surface area contributed by atoms with Crippen molar-refractivity contribution in [2.24, 2.45) is 11.8 Å². The van der Waals surface area contributed by atoms with Crippen molar-refractivity contribution in [3.63, 3.8) is 0 Å². The molecule has 1 saturated carbocycles. The second kappa shape index (κ2) is 10.6. The van der Waals surface area contributed by atoms with E-state index in [4.69, 9.17) is 0 Å². The highest BCUT2D eigenvalue weighted by Crippen LogP contribution is 2.49. The summed E-state index contributed by atoms with van der Waals surface area (Å²) in [5.74, 6) is 0.158. The van der Waals surface area contributed by atoms with Gasteiger partial charge in [-0.05, 0) is 80.8 Å². The van der Waals surface area contributed by atoms with Crippen LogP contribution in [-0.4, -0.2) is 60.6 Å². The summed E-state index contributed by atoms with van der Waals surface area (Å²) in [4.78, 5) is 32.9. The molecule has 2 aliphatic rings. The molecule has 1 aromatic carbocycles. The van der Waals surface area contributed by atoms with Gasteiger partial charge in [-0.3, -0.25) is 9.59 Å². The smallest absolute Gasteiger partial charge is 0.252 e. The molecule has 41 heavy (non-hydrogen) atoms. The number of carbonyl (C=O) groups is 2. The molecule has 218 valence electrons. The summed E-state index contributed by atoms with van der Waals surface area (Å²) < 4.78 is 28.4. The standard InChI is InChI=1S/C31H39N5O4S/c1-7-10-31(11-12-31)41(39,40)36-18-20(3)28-24(29(37)33-17-25-19(2)13-21(4)34-30(25)38)14-23(15-26(28)36)22-8-9-27(32-16-22)35(5)6/h7-9,14-16,18-19,21,25H,1,10-13,17H2,2-6H3,(H,33,37)(H,34,38). The number of hydrogen-bond donors (Lipinski definition) is 2. The molecule has 3 aromatic rings. The van der Waals surface area contributed by atoms with Crippen LogP contribution < -0.4 is 15.5 Å². The number of pyridine rings is 1. The fraction of sp³-hybridized carbons (Fsp3) is 0.452. The molecule has 3 atom stereocenters. The summed E-state index contributed by atoms with van der Waals surface area (Å²) in [5, 5.41) is 6.54. The summed E-state index contributed by atoms with van der Waals surface area (Å²) in [6.45, 7) is 9.81. The van der Waals surface area contributed by atoms with Crippen LogP contribution in [0, 0.1) is 18.8 Å². The molecule has 3 unspecified atom stereocenters. The van der Waals surface area contributed by atoms with Gasteiger partial charge in [0.05, 0.1) is 16.2 Å². The van der Waals surface area contributed by atoms with Crippen molar-refractivity contribution in [1.82, 2.24) is 19.6 Å². The zero-order valence-electron chi connectivity index (χ0n) is 24.4. The fourth-order valence-electron chi connectivity index (χ4n) is 6.05. The molecule has 1 saturated heterocycles. The fourth-order valence-corrected chi connectivity index (χ4v) is 8.11. The molecule has 2 fully saturated rings. The maximum absolute atomic E-state index is 14.0. The number of hydrogen-bond acceptors (Lipinski definition) is 6. The van der Waals surface area contributed by atoms with Crippen molar-refractivity contribution < 1.29 is 18.0 Å². The maximum atomic E-state index is 14.0. The topological polar surface area (TPSA) is 113 Å². The van der Waals surface area contributed by atoms with Gasteiger partial charge in [0.15, 0.2) is 0 Å². The predicted molar refractivity (Wildman–Crippen MR) is 163 cm³/mol. The van der Waals surface area contributed by atoms with Crippen LogP contribution >= 0.6 is 0 Å². The Morgan fingerprint density at radius 2 is 1.98 bits per heavy atom. The minimum Gasteiger partial charge on any atom is -0.363 e. The van der Waals surface area contributed by atoms with Gasteiger partial charge >= 0.3 is 0 Å². The molecule has 0 spiro atoms. The Morgan fingerprint density at radius 3 is 2.56 bits per heavy atom. The number of carbonyl (C=O) groups excluding carboxylic acids is 2. The second-order valence-electron chi connectivity index (χ2n) is 11.9. The zero-order chi connectivity index (χ0) is 29.7. The van der Waals surface area contributed by atoms with E-state index < -0.39 is 14.8 Å². The van der Waals surface area contributed by atoms with Crippen LogP contribution in [0.4, 0.5) is 5.82 Å². The molecular weight excluding hydrogens is 538 g/mol. The quantitative estimate of drug-likeness (QED) is 0.368. The first-order valence-electron chi connectivity index (χ1n) is 14.1. The highest BCUT2D eigenvalue weighted by atomic mass is 32.2. The van der Waals surface area contributed by atoms with Gasteiger partial charge in [-0.15, -0.1) is 6.58 Å². The molecule has 2 aromatic heterocycles. The Bertz CT molecular complexity index is 1620. The highest BCUT2D eigenvalue weighted by molar-refractivity contribution is 7.91. The Hall–Kier alpha value is -3.66. The lowest BCUT2D eigenvalue weighted by Crippen LogP contribution is -2.50. The first-order chi connectivity index (χ1) is 19.4. The number of rotatable bonds is 9. The first-order valence-corrected chi connectivity index (χ1v) is 15.6. The lowest BCUT2D eigenvalue weighted by Gasteiger charge is -2.32. The zero-order valence-corrected chi connectivity index (χ0v) is 25.2. The second-order valence-corrected chi connectivity index (χ2v) is 14.2. The van der Waals surface area contributed by atoms with Crippen molar-refractivity contribution in [3.8, 4) is 11.1 Å². The van der Waals surface area contributed by atoms with E-state index in [0.717, 1.165) is 17.8 Å². The summed E-state index contributed by atoms with van der Waals surface area (Å²) >= 11 is 0. The van der Waals surface area contributed by atoms with E-state index >= 15 is 0 Å².